The molecule has 0 saturated carbocycles. The van der Waals surface area contributed by atoms with Crippen LogP contribution in [0.3, 0.4) is 0 Å². The van der Waals surface area contributed by atoms with Gasteiger partial charge in [0.15, 0.2) is 0 Å². The molecule has 2 fully saturated rings. The number of benzene rings is 4. The van der Waals surface area contributed by atoms with Gasteiger partial charge in [0.1, 0.15) is 5.75 Å². The number of para-hydroxylation sites is 1. The Bertz CT molecular complexity index is 1920. The van der Waals surface area contributed by atoms with E-state index in [-0.39, 0.29) is 29.8 Å². The van der Waals surface area contributed by atoms with Gasteiger partial charge in [-0.15, -0.1) is 0 Å². The zero-order chi connectivity index (χ0) is 34.1. The van der Waals surface area contributed by atoms with E-state index in [9.17, 15) is 19.7 Å². The van der Waals surface area contributed by atoms with Crippen molar-refractivity contribution in [2.45, 2.75) is 45.0 Å². The van der Waals surface area contributed by atoms with Gasteiger partial charge in [0.25, 0.3) is 0 Å². The highest BCUT2D eigenvalue weighted by Crippen LogP contribution is 2.51. The van der Waals surface area contributed by atoms with Gasteiger partial charge in [-0.1, -0.05) is 67.1 Å². The van der Waals surface area contributed by atoms with Gasteiger partial charge in [-0.3, -0.25) is 14.5 Å². The first-order valence-electron chi connectivity index (χ1n) is 17.1. The van der Waals surface area contributed by atoms with Gasteiger partial charge in [0, 0.05) is 23.9 Å². The van der Waals surface area contributed by atoms with E-state index in [0.717, 1.165) is 51.7 Å². The molecule has 2 saturated heterocycles. The Morgan fingerprint density at radius 2 is 1.65 bits per heavy atom. The Balaban J connectivity index is 1.14. The zero-order valence-electron chi connectivity index (χ0n) is 27.8. The maximum absolute atomic E-state index is 14.2. The average Bonchev–Trinajstić information content (AvgIpc) is 3.37. The smallest absolute Gasteiger partial charge is 0.455 e. The van der Waals surface area contributed by atoms with Crippen molar-refractivity contribution >= 4 is 52.8 Å². The van der Waals surface area contributed by atoms with Crippen LogP contribution in [0.1, 0.15) is 38.2 Å². The second-order valence-electron chi connectivity index (χ2n) is 13.2. The van der Waals surface area contributed by atoms with Crippen molar-refractivity contribution in [3.8, 4) is 5.75 Å². The van der Waals surface area contributed by atoms with Gasteiger partial charge >= 0.3 is 7.12 Å². The summed E-state index contributed by atoms with van der Waals surface area (Å²) in [6, 6.07) is 28.7. The summed E-state index contributed by atoms with van der Waals surface area (Å²) in [5.74, 6) is -1.59. The Labute approximate surface area is 287 Å². The van der Waals surface area contributed by atoms with Crippen LogP contribution in [0, 0.1) is 17.8 Å². The Morgan fingerprint density at radius 1 is 0.939 bits per heavy atom. The molecule has 3 N–H and O–H groups in total. The molecule has 0 radical (unpaired) electrons. The Morgan fingerprint density at radius 3 is 2.39 bits per heavy atom. The zero-order valence-corrected chi connectivity index (χ0v) is 27.8. The number of anilines is 3. The van der Waals surface area contributed by atoms with Crippen molar-refractivity contribution in [3.05, 3.63) is 113 Å². The van der Waals surface area contributed by atoms with Crippen LogP contribution in [0.2, 0.25) is 6.32 Å². The number of nitrogens with zero attached hydrogens (tertiary/aromatic N) is 1. The van der Waals surface area contributed by atoms with Crippen LogP contribution in [0.4, 0.5) is 17.1 Å². The summed E-state index contributed by atoms with van der Waals surface area (Å²) >= 11 is 0. The van der Waals surface area contributed by atoms with Gasteiger partial charge in [0.2, 0.25) is 11.8 Å². The van der Waals surface area contributed by atoms with Crippen LogP contribution in [-0.4, -0.2) is 48.9 Å². The molecule has 0 aromatic heterocycles. The Hall–Kier alpha value is -4.70. The van der Waals surface area contributed by atoms with Crippen LogP contribution >= 0.6 is 0 Å². The van der Waals surface area contributed by atoms with Gasteiger partial charge in [-0.25, -0.2) is 0 Å². The number of carbonyl (C=O) groups is 2. The molecular weight excluding hydrogens is 615 g/mol. The number of nitrogens with one attached hydrogen (secondary N) is 1. The van der Waals surface area contributed by atoms with Gasteiger partial charge in [0.05, 0.1) is 30.2 Å². The first kappa shape index (κ1) is 32.8. The number of hydrogen-bond donors (Lipinski definition) is 3. The normalized spacial score (nSPS) is 22.5. The fourth-order valence-corrected chi connectivity index (χ4v) is 8.03. The van der Waals surface area contributed by atoms with Crippen LogP contribution in [0.5, 0.6) is 5.75 Å². The quantitative estimate of drug-likeness (QED) is 0.0921. The summed E-state index contributed by atoms with van der Waals surface area (Å²) in [6.07, 6.45) is 4.60. The number of aromatic hydroxyl groups is 1. The second kappa shape index (κ2) is 14.0. The first-order valence-corrected chi connectivity index (χ1v) is 17.1. The predicted octanol–water partition coefficient (Wildman–Crippen LogP) is 7.51. The van der Waals surface area contributed by atoms with Crippen molar-refractivity contribution in [1.82, 2.24) is 0 Å². The number of carbonyl (C=O) groups excluding carboxylic acids is 2. The molecule has 4 atom stereocenters. The van der Waals surface area contributed by atoms with E-state index in [1.54, 1.807) is 25.3 Å². The van der Waals surface area contributed by atoms with Crippen molar-refractivity contribution in [1.29, 1.82) is 0 Å². The molecular formula is C40H41BN2O6. The third-order valence-corrected chi connectivity index (χ3v) is 10.3. The number of imide groups is 1. The van der Waals surface area contributed by atoms with Crippen LogP contribution in [-0.2, 0) is 19.0 Å². The summed E-state index contributed by atoms with van der Waals surface area (Å²) < 4.78 is 11.9. The minimum Gasteiger partial charge on any atom is -0.507 e. The lowest BCUT2D eigenvalue weighted by molar-refractivity contribution is -0.122. The highest BCUT2D eigenvalue weighted by atomic mass is 16.5. The summed E-state index contributed by atoms with van der Waals surface area (Å²) in [5, 5.41) is 26.5. The molecule has 7 rings (SSSR count). The van der Waals surface area contributed by atoms with Crippen molar-refractivity contribution in [3.63, 3.8) is 0 Å². The lowest BCUT2D eigenvalue weighted by Gasteiger charge is -2.43. The molecule has 250 valence electrons. The summed E-state index contributed by atoms with van der Waals surface area (Å²) in [6.45, 7) is 2.46. The van der Waals surface area contributed by atoms with Gasteiger partial charge < -0.3 is 24.8 Å². The lowest BCUT2D eigenvalue weighted by atomic mass is 9.58. The molecule has 1 aliphatic carbocycles. The minimum absolute atomic E-state index is 0.207. The molecule has 2 amide bonds. The topological polar surface area (TPSA) is 108 Å². The number of amides is 2. The summed E-state index contributed by atoms with van der Waals surface area (Å²) in [4.78, 5) is 29.5. The number of methoxy groups -OCH3 is 1. The fourth-order valence-electron chi connectivity index (χ4n) is 8.03. The molecule has 8 nitrogen and oxygen atoms in total. The maximum Gasteiger partial charge on any atom is 0.455 e. The fraction of sp³-hybridized carbons (Fsp3) is 0.300. The molecule has 3 aliphatic rings. The van der Waals surface area contributed by atoms with Crippen molar-refractivity contribution < 1.29 is 29.1 Å². The average molecular weight is 657 g/mol. The van der Waals surface area contributed by atoms with Gasteiger partial charge in [-0.05, 0) is 102 Å². The van der Waals surface area contributed by atoms with E-state index in [0.29, 0.717) is 25.1 Å². The highest BCUT2D eigenvalue weighted by Gasteiger charge is 2.57. The SMILES string of the molecule is CC/C(=C\c1ccc(O)c2ccccc12)CC[C@H]1OB(O)C[C@H]2C1=C(COC)C[C@H]1C(=O)N(c3ccc(Nc4ccccc4)cc3)C(=O)[C@H]12. The molecule has 0 bridgehead atoms. The number of phenolic OH excluding ortho intramolecular Hbond substituents is 1. The molecule has 0 spiro atoms. The summed E-state index contributed by atoms with van der Waals surface area (Å²) in [5.41, 5.74) is 6.58. The monoisotopic (exact) mass is 656 g/mol. The van der Waals surface area contributed by atoms with E-state index in [4.69, 9.17) is 9.39 Å². The first-order chi connectivity index (χ1) is 23.9. The molecule has 4 aromatic rings. The minimum atomic E-state index is -1.04. The number of fused-ring (bicyclic) bond motifs is 4. The molecule has 9 heteroatoms. The number of phenols is 1. The number of allylic oxidation sites excluding steroid dienone is 1. The maximum atomic E-state index is 14.2. The number of hydrogen-bond acceptors (Lipinski definition) is 7. The molecule has 4 aromatic carbocycles. The number of ether oxygens (including phenoxy) is 1. The van der Waals surface area contributed by atoms with E-state index < -0.39 is 25.1 Å². The van der Waals surface area contributed by atoms with Crippen molar-refractivity contribution in [2.75, 3.05) is 23.9 Å². The predicted molar refractivity (Wildman–Crippen MR) is 193 cm³/mol. The molecule has 2 aliphatic heterocycles. The van der Waals surface area contributed by atoms with E-state index >= 15 is 0 Å². The molecule has 49 heavy (non-hydrogen) atoms. The second-order valence-corrected chi connectivity index (χ2v) is 13.2. The Kier molecular flexibility index (Phi) is 9.41. The summed E-state index contributed by atoms with van der Waals surface area (Å²) in [7, 11) is 0.595. The third-order valence-electron chi connectivity index (χ3n) is 10.3. The highest BCUT2D eigenvalue weighted by molar-refractivity contribution is 6.43. The standard InChI is InChI=1S/C40H41BN2O6/c1-3-25(21-26-14-19-35(44)32-12-8-7-11-31(26)32)13-20-36-37-27(24-48-2)22-33-38(34(37)23-41(47)49-36)40(46)43(39(33)45)30-17-15-29(16-18-30)42-28-9-5-4-6-10-28/h4-12,14-19,21,33-34,36,38,42,44,47H,3,13,20,22-24H2,1-2H3/b25-21+/t33-,34+,36-,38-/m1/s1. The van der Waals surface area contributed by atoms with Gasteiger partial charge in [-0.2, -0.15) is 0 Å². The van der Waals surface area contributed by atoms with E-state index in [2.05, 4.69) is 18.3 Å². The van der Waals surface area contributed by atoms with E-state index in [1.165, 1.54) is 10.5 Å². The van der Waals surface area contributed by atoms with E-state index in [1.807, 2.05) is 72.8 Å². The lowest BCUT2D eigenvalue weighted by Crippen LogP contribution is -2.46. The molecule has 0 unspecified atom stereocenters. The third kappa shape index (κ3) is 6.42. The number of rotatable bonds is 10. The van der Waals surface area contributed by atoms with Crippen LogP contribution in [0.25, 0.3) is 16.8 Å². The largest absolute Gasteiger partial charge is 0.507 e. The van der Waals surface area contributed by atoms with Crippen LogP contribution in [0.15, 0.2) is 108 Å². The molecule has 2 heterocycles. The van der Waals surface area contributed by atoms with Crippen molar-refractivity contribution in [2.24, 2.45) is 17.8 Å². The van der Waals surface area contributed by atoms with Crippen LogP contribution < -0.4 is 10.2 Å².